The SMILES string of the molecule is COc1ccc(C(=O)N2CC3(CCN(C(=O)C4CC4)CC3)C[C@@H]2C(=O)O)cc1. The van der Waals surface area contributed by atoms with Gasteiger partial charge in [-0.25, -0.2) is 4.79 Å². The first kappa shape index (κ1) is 18.8. The van der Waals surface area contributed by atoms with Gasteiger partial charge in [-0.1, -0.05) is 0 Å². The molecular weight excluding hydrogens is 360 g/mol. The lowest BCUT2D eigenvalue weighted by molar-refractivity contribution is -0.141. The number of hydrogen-bond donors (Lipinski definition) is 1. The van der Waals surface area contributed by atoms with Crippen LogP contribution in [0.4, 0.5) is 0 Å². The number of hydrogen-bond acceptors (Lipinski definition) is 4. The van der Waals surface area contributed by atoms with Gasteiger partial charge in [0.05, 0.1) is 7.11 Å². The Hall–Kier alpha value is -2.57. The van der Waals surface area contributed by atoms with Crippen molar-refractivity contribution in [1.29, 1.82) is 0 Å². The second-order valence-electron chi connectivity index (χ2n) is 8.32. The molecule has 1 N–H and O–H groups in total. The minimum Gasteiger partial charge on any atom is -0.497 e. The van der Waals surface area contributed by atoms with Crippen molar-refractivity contribution in [2.45, 2.75) is 38.1 Å². The molecule has 2 heterocycles. The number of carbonyl (C=O) groups excluding carboxylic acids is 2. The molecule has 28 heavy (non-hydrogen) atoms. The van der Waals surface area contributed by atoms with Crippen LogP contribution in [0.2, 0.25) is 0 Å². The van der Waals surface area contributed by atoms with E-state index >= 15 is 0 Å². The van der Waals surface area contributed by atoms with E-state index in [0.717, 1.165) is 25.7 Å². The molecule has 1 aromatic carbocycles. The molecule has 7 nitrogen and oxygen atoms in total. The molecule has 4 rings (SSSR count). The lowest BCUT2D eigenvalue weighted by Gasteiger charge is -2.39. The van der Waals surface area contributed by atoms with Crippen molar-refractivity contribution in [3.05, 3.63) is 29.8 Å². The number of methoxy groups -OCH3 is 1. The highest BCUT2D eigenvalue weighted by molar-refractivity contribution is 5.97. The number of nitrogens with zero attached hydrogens (tertiary/aromatic N) is 2. The van der Waals surface area contributed by atoms with Crippen molar-refractivity contribution in [2.75, 3.05) is 26.7 Å². The topological polar surface area (TPSA) is 87.2 Å². The molecule has 1 atom stereocenters. The lowest BCUT2D eigenvalue weighted by Crippen LogP contribution is -2.45. The molecule has 3 fully saturated rings. The molecule has 0 bridgehead atoms. The molecule has 2 aliphatic heterocycles. The normalized spacial score (nSPS) is 23.7. The van der Waals surface area contributed by atoms with E-state index in [4.69, 9.17) is 4.74 Å². The number of carboxylic acid groups (broad SMARTS) is 1. The second kappa shape index (κ2) is 7.11. The van der Waals surface area contributed by atoms with Crippen LogP contribution in [0.5, 0.6) is 5.75 Å². The van der Waals surface area contributed by atoms with Gasteiger partial charge in [-0.05, 0) is 61.8 Å². The summed E-state index contributed by atoms with van der Waals surface area (Å²) < 4.78 is 5.12. The Bertz CT molecular complexity index is 778. The van der Waals surface area contributed by atoms with Crippen LogP contribution in [0, 0.1) is 11.3 Å². The number of likely N-dealkylation sites (tertiary alicyclic amines) is 2. The van der Waals surface area contributed by atoms with Gasteiger partial charge in [-0.2, -0.15) is 0 Å². The van der Waals surface area contributed by atoms with Gasteiger partial charge >= 0.3 is 5.97 Å². The molecule has 1 aliphatic carbocycles. The molecule has 2 amide bonds. The van der Waals surface area contributed by atoms with Crippen molar-refractivity contribution in [1.82, 2.24) is 9.80 Å². The van der Waals surface area contributed by atoms with Crippen LogP contribution in [-0.2, 0) is 9.59 Å². The average Bonchev–Trinajstić information content (AvgIpc) is 3.50. The third-order valence-electron chi connectivity index (χ3n) is 6.45. The maximum Gasteiger partial charge on any atom is 0.326 e. The summed E-state index contributed by atoms with van der Waals surface area (Å²) >= 11 is 0. The van der Waals surface area contributed by atoms with Crippen molar-refractivity contribution < 1.29 is 24.2 Å². The van der Waals surface area contributed by atoms with Gasteiger partial charge in [0.25, 0.3) is 5.91 Å². The number of amides is 2. The highest BCUT2D eigenvalue weighted by atomic mass is 16.5. The van der Waals surface area contributed by atoms with E-state index in [9.17, 15) is 19.5 Å². The van der Waals surface area contributed by atoms with Crippen molar-refractivity contribution >= 4 is 17.8 Å². The highest BCUT2D eigenvalue weighted by Gasteiger charge is 2.50. The Kier molecular flexibility index (Phi) is 4.77. The zero-order chi connectivity index (χ0) is 19.9. The third kappa shape index (κ3) is 3.45. The summed E-state index contributed by atoms with van der Waals surface area (Å²) in [6, 6.07) is 5.93. The predicted molar refractivity (Wildman–Crippen MR) is 101 cm³/mol. The fourth-order valence-corrected chi connectivity index (χ4v) is 4.54. The van der Waals surface area contributed by atoms with E-state index in [0.29, 0.717) is 37.4 Å². The maximum absolute atomic E-state index is 13.0. The zero-order valence-corrected chi connectivity index (χ0v) is 16.1. The lowest BCUT2D eigenvalue weighted by atomic mass is 9.76. The van der Waals surface area contributed by atoms with Crippen molar-refractivity contribution in [3.63, 3.8) is 0 Å². The number of carboxylic acids is 1. The quantitative estimate of drug-likeness (QED) is 0.855. The van der Waals surface area contributed by atoms with E-state index in [1.54, 1.807) is 31.4 Å². The van der Waals surface area contributed by atoms with E-state index in [1.165, 1.54) is 4.90 Å². The smallest absolute Gasteiger partial charge is 0.326 e. The van der Waals surface area contributed by atoms with E-state index in [1.807, 2.05) is 4.90 Å². The molecule has 150 valence electrons. The highest BCUT2D eigenvalue weighted by Crippen LogP contribution is 2.45. The number of carbonyl (C=O) groups is 3. The Morgan fingerprint density at radius 1 is 1.11 bits per heavy atom. The molecule has 7 heteroatoms. The predicted octanol–water partition coefficient (Wildman–Crippen LogP) is 2.01. The molecule has 0 aromatic heterocycles. The van der Waals surface area contributed by atoms with Crippen molar-refractivity contribution in [2.24, 2.45) is 11.3 Å². The number of piperidine rings is 1. The molecule has 1 spiro atoms. The molecule has 1 aromatic rings. The average molecular weight is 386 g/mol. The zero-order valence-electron chi connectivity index (χ0n) is 16.1. The monoisotopic (exact) mass is 386 g/mol. The van der Waals surface area contributed by atoms with Crippen LogP contribution >= 0.6 is 0 Å². The summed E-state index contributed by atoms with van der Waals surface area (Å²) in [6.45, 7) is 1.75. The van der Waals surface area contributed by atoms with Crippen LogP contribution < -0.4 is 4.74 Å². The summed E-state index contributed by atoms with van der Waals surface area (Å²) in [5.41, 5.74) is 0.247. The fourth-order valence-electron chi connectivity index (χ4n) is 4.54. The van der Waals surface area contributed by atoms with Crippen LogP contribution in [-0.4, -0.2) is 65.5 Å². The molecule has 0 unspecified atom stereocenters. The molecule has 0 radical (unpaired) electrons. The molecule has 1 saturated carbocycles. The molecular formula is C21H26N2O5. The van der Waals surface area contributed by atoms with Gasteiger partial charge in [-0.15, -0.1) is 0 Å². The minimum atomic E-state index is -0.963. The minimum absolute atomic E-state index is 0.206. The summed E-state index contributed by atoms with van der Waals surface area (Å²) in [4.78, 5) is 40.6. The van der Waals surface area contributed by atoms with E-state index in [-0.39, 0.29) is 23.1 Å². The fraction of sp³-hybridized carbons (Fsp3) is 0.571. The van der Waals surface area contributed by atoms with E-state index < -0.39 is 12.0 Å². The van der Waals surface area contributed by atoms with Gasteiger partial charge in [0.15, 0.2) is 0 Å². The molecule has 3 aliphatic rings. The van der Waals surface area contributed by atoms with Crippen LogP contribution in [0.15, 0.2) is 24.3 Å². The Morgan fingerprint density at radius 2 is 1.75 bits per heavy atom. The first-order valence-corrected chi connectivity index (χ1v) is 9.89. The Labute approximate surface area is 164 Å². The maximum atomic E-state index is 13.0. The van der Waals surface area contributed by atoms with E-state index in [2.05, 4.69) is 0 Å². The van der Waals surface area contributed by atoms with Gasteiger partial charge < -0.3 is 19.6 Å². The molecule has 2 saturated heterocycles. The summed E-state index contributed by atoms with van der Waals surface area (Å²) in [5.74, 6) is -0.123. The van der Waals surface area contributed by atoms with Crippen LogP contribution in [0.1, 0.15) is 42.5 Å². The Balaban J connectivity index is 1.48. The van der Waals surface area contributed by atoms with Gasteiger partial charge in [0.1, 0.15) is 11.8 Å². The Morgan fingerprint density at radius 3 is 2.29 bits per heavy atom. The number of ether oxygens (including phenoxy) is 1. The first-order valence-electron chi connectivity index (χ1n) is 9.89. The summed E-state index contributed by atoms with van der Waals surface area (Å²) in [6.07, 6.45) is 3.94. The largest absolute Gasteiger partial charge is 0.497 e. The van der Waals surface area contributed by atoms with Gasteiger partial charge in [0.2, 0.25) is 5.91 Å². The number of rotatable bonds is 4. The summed E-state index contributed by atoms with van der Waals surface area (Å²) in [5, 5.41) is 9.72. The standard InChI is InChI=1S/C21H26N2O5/c1-28-16-6-4-15(5-7-16)19(25)23-13-21(12-17(23)20(26)27)8-10-22(11-9-21)18(24)14-2-3-14/h4-7,14,17H,2-3,8-13H2,1H3,(H,26,27)/t17-/m1/s1. The van der Waals surface area contributed by atoms with Gasteiger partial charge in [0, 0.05) is 31.1 Å². The number of benzene rings is 1. The van der Waals surface area contributed by atoms with Crippen LogP contribution in [0.25, 0.3) is 0 Å². The second-order valence-corrected chi connectivity index (χ2v) is 8.32. The third-order valence-corrected chi connectivity index (χ3v) is 6.45. The van der Waals surface area contributed by atoms with Gasteiger partial charge in [-0.3, -0.25) is 9.59 Å². The summed E-state index contributed by atoms with van der Waals surface area (Å²) in [7, 11) is 1.56. The first-order chi connectivity index (χ1) is 13.4. The van der Waals surface area contributed by atoms with Crippen LogP contribution in [0.3, 0.4) is 0 Å². The van der Waals surface area contributed by atoms with Crippen molar-refractivity contribution in [3.8, 4) is 5.75 Å². The number of aliphatic carboxylic acids is 1.